The minimum Gasteiger partial charge on any atom is -0.337 e. The maximum Gasteiger partial charge on any atom is 0.243 e. The number of amides is 1. The average molecular weight is 402 g/mol. The van der Waals surface area contributed by atoms with Gasteiger partial charge in [0.05, 0.1) is 4.90 Å². The van der Waals surface area contributed by atoms with E-state index in [0.717, 1.165) is 21.9 Å². The minimum absolute atomic E-state index is 0.0952. The summed E-state index contributed by atoms with van der Waals surface area (Å²) >= 11 is 0. The van der Waals surface area contributed by atoms with E-state index in [-0.39, 0.29) is 23.8 Å². The first-order chi connectivity index (χ1) is 13.4. The molecule has 7 heteroatoms. The van der Waals surface area contributed by atoms with Crippen LogP contribution in [0, 0.1) is 6.92 Å². The van der Waals surface area contributed by atoms with E-state index in [9.17, 15) is 17.6 Å². The van der Waals surface area contributed by atoms with E-state index in [2.05, 4.69) is 0 Å². The number of benzene rings is 2. The first-order valence-corrected chi connectivity index (χ1v) is 10.9. The zero-order valence-corrected chi connectivity index (χ0v) is 16.5. The van der Waals surface area contributed by atoms with Gasteiger partial charge in [0.15, 0.2) is 0 Å². The number of rotatable bonds is 3. The number of hydrogen-bond donors (Lipinski definition) is 0. The summed E-state index contributed by atoms with van der Waals surface area (Å²) in [5.41, 5.74) is 3.06. The molecule has 0 bridgehead atoms. The summed E-state index contributed by atoms with van der Waals surface area (Å²) in [4.78, 5) is 14.9. The van der Waals surface area contributed by atoms with Gasteiger partial charge in [-0.1, -0.05) is 36.4 Å². The fourth-order valence-corrected chi connectivity index (χ4v) is 5.78. The maximum absolute atomic E-state index is 14.2. The highest BCUT2D eigenvalue weighted by molar-refractivity contribution is 7.89. The largest absolute Gasteiger partial charge is 0.337 e. The Morgan fingerprint density at radius 3 is 2.61 bits per heavy atom. The molecule has 1 saturated heterocycles. The Labute approximate surface area is 164 Å². The van der Waals surface area contributed by atoms with E-state index in [1.165, 1.54) is 11.6 Å². The smallest absolute Gasteiger partial charge is 0.243 e. The summed E-state index contributed by atoms with van der Waals surface area (Å²) in [5.74, 6) is -0.314. The highest BCUT2D eigenvalue weighted by atomic mass is 32.2. The zero-order chi connectivity index (χ0) is 19.9. The number of aryl methyl sites for hydroxylation is 1. The monoisotopic (exact) mass is 402 g/mol. The Kier molecular flexibility index (Phi) is 4.97. The van der Waals surface area contributed by atoms with Crippen LogP contribution in [0.1, 0.15) is 23.1 Å². The normalized spacial score (nSPS) is 22.9. The molecule has 1 amide bonds. The van der Waals surface area contributed by atoms with E-state index in [1.54, 1.807) is 30.0 Å². The van der Waals surface area contributed by atoms with Crippen molar-refractivity contribution >= 4 is 15.9 Å². The van der Waals surface area contributed by atoms with Crippen LogP contribution in [-0.2, 0) is 27.8 Å². The molecular weight excluding hydrogens is 379 g/mol. The molecule has 148 valence electrons. The van der Waals surface area contributed by atoms with Crippen molar-refractivity contribution in [3.63, 3.8) is 0 Å². The number of sulfonamides is 1. The molecule has 0 spiro atoms. The lowest BCUT2D eigenvalue weighted by molar-refractivity contribution is -0.135. The van der Waals surface area contributed by atoms with Crippen molar-refractivity contribution in [3.8, 4) is 0 Å². The Morgan fingerprint density at radius 2 is 1.86 bits per heavy atom. The summed E-state index contributed by atoms with van der Waals surface area (Å²) in [6.07, 6.45) is -0.717. The second kappa shape index (κ2) is 7.29. The van der Waals surface area contributed by atoms with Crippen LogP contribution in [0.2, 0.25) is 0 Å². The molecule has 2 aliphatic heterocycles. The van der Waals surface area contributed by atoms with Crippen molar-refractivity contribution in [2.24, 2.45) is 0 Å². The van der Waals surface area contributed by atoms with Crippen LogP contribution >= 0.6 is 0 Å². The summed E-state index contributed by atoms with van der Waals surface area (Å²) < 4.78 is 41.5. The lowest BCUT2D eigenvalue weighted by atomic mass is 9.99. The van der Waals surface area contributed by atoms with Crippen LogP contribution in [-0.4, -0.2) is 48.8 Å². The molecule has 5 nitrogen and oxygen atoms in total. The molecule has 2 aliphatic rings. The van der Waals surface area contributed by atoms with Crippen molar-refractivity contribution in [3.05, 3.63) is 65.2 Å². The summed E-state index contributed by atoms with van der Waals surface area (Å²) in [6.45, 7) is 2.47. The van der Waals surface area contributed by atoms with E-state index < -0.39 is 22.2 Å². The van der Waals surface area contributed by atoms with Crippen LogP contribution in [0.15, 0.2) is 53.4 Å². The number of hydrogen-bond acceptors (Lipinski definition) is 3. The molecule has 0 N–H and O–H groups in total. The third kappa shape index (κ3) is 3.44. The van der Waals surface area contributed by atoms with Gasteiger partial charge in [-0.05, 0) is 42.2 Å². The van der Waals surface area contributed by atoms with E-state index in [4.69, 9.17) is 0 Å². The molecular formula is C21H23FN2O3S. The third-order valence-corrected chi connectivity index (χ3v) is 7.40. The van der Waals surface area contributed by atoms with Crippen LogP contribution in [0.5, 0.6) is 0 Å². The highest BCUT2D eigenvalue weighted by Crippen LogP contribution is 2.30. The quantitative estimate of drug-likeness (QED) is 0.793. The molecule has 1 fully saturated rings. The van der Waals surface area contributed by atoms with Crippen molar-refractivity contribution in [2.45, 2.75) is 43.4 Å². The predicted octanol–water partition coefficient (Wildman–Crippen LogP) is 2.68. The molecule has 0 radical (unpaired) electrons. The number of halogens is 1. The highest BCUT2D eigenvalue weighted by Gasteiger charge is 2.45. The molecule has 0 aliphatic carbocycles. The Morgan fingerprint density at radius 1 is 1.11 bits per heavy atom. The van der Waals surface area contributed by atoms with E-state index >= 15 is 0 Å². The molecule has 2 aromatic carbocycles. The van der Waals surface area contributed by atoms with Crippen LogP contribution in [0.3, 0.4) is 0 Å². The van der Waals surface area contributed by atoms with Gasteiger partial charge < -0.3 is 4.90 Å². The second-order valence-corrected chi connectivity index (χ2v) is 9.41. The predicted molar refractivity (Wildman–Crippen MR) is 104 cm³/mol. The SMILES string of the molecule is Cc1cccc(S(=O)(=O)N2C[C@@H](F)C[C@H]2C(=O)N2CCc3ccccc3C2)c1. The zero-order valence-electron chi connectivity index (χ0n) is 15.7. The van der Waals surface area contributed by atoms with Crippen molar-refractivity contribution in [1.82, 2.24) is 9.21 Å². The summed E-state index contributed by atoms with van der Waals surface area (Å²) in [5, 5.41) is 0. The lowest BCUT2D eigenvalue weighted by Crippen LogP contribution is -2.49. The number of fused-ring (bicyclic) bond motifs is 1. The molecule has 0 aromatic heterocycles. The topological polar surface area (TPSA) is 57.7 Å². The number of carbonyl (C=O) groups excluding carboxylic acids is 1. The van der Waals surface area contributed by atoms with Crippen molar-refractivity contribution in [2.75, 3.05) is 13.1 Å². The van der Waals surface area contributed by atoms with Crippen molar-refractivity contribution < 1.29 is 17.6 Å². The molecule has 2 aromatic rings. The Bertz CT molecular complexity index is 1010. The molecule has 0 unspecified atom stereocenters. The number of nitrogens with zero attached hydrogens (tertiary/aromatic N) is 2. The maximum atomic E-state index is 14.2. The molecule has 0 saturated carbocycles. The van der Waals surface area contributed by atoms with Crippen LogP contribution in [0.25, 0.3) is 0 Å². The van der Waals surface area contributed by atoms with E-state index in [0.29, 0.717) is 13.1 Å². The molecule has 2 heterocycles. The Hall–Kier alpha value is -2.25. The second-order valence-electron chi connectivity index (χ2n) is 7.52. The van der Waals surface area contributed by atoms with Gasteiger partial charge in [0.2, 0.25) is 15.9 Å². The first kappa shape index (κ1) is 19.1. The van der Waals surface area contributed by atoms with Crippen LogP contribution < -0.4 is 0 Å². The van der Waals surface area contributed by atoms with Gasteiger partial charge in [-0.15, -0.1) is 0 Å². The van der Waals surface area contributed by atoms with Crippen LogP contribution in [0.4, 0.5) is 4.39 Å². The van der Waals surface area contributed by atoms with Crippen molar-refractivity contribution in [1.29, 1.82) is 0 Å². The molecule has 2 atom stereocenters. The summed E-state index contributed by atoms with van der Waals surface area (Å²) in [7, 11) is -3.94. The van der Waals surface area contributed by atoms with Gasteiger partial charge in [0, 0.05) is 26.1 Å². The van der Waals surface area contributed by atoms with E-state index in [1.807, 2.05) is 24.3 Å². The van der Waals surface area contributed by atoms with Gasteiger partial charge in [0.1, 0.15) is 12.2 Å². The van der Waals surface area contributed by atoms with Gasteiger partial charge in [-0.2, -0.15) is 4.31 Å². The molecule has 4 rings (SSSR count). The molecule has 28 heavy (non-hydrogen) atoms. The average Bonchev–Trinajstić information content (AvgIpc) is 3.09. The Balaban J connectivity index is 1.60. The first-order valence-electron chi connectivity index (χ1n) is 9.44. The number of carbonyl (C=O) groups is 1. The fourth-order valence-electron chi connectivity index (χ4n) is 4.05. The standard InChI is InChI=1S/C21H23FN2O3S/c1-15-5-4-8-19(11-15)28(26,27)24-14-18(22)12-20(24)21(25)23-10-9-16-6-2-3-7-17(16)13-23/h2-8,11,18,20H,9-10,12-14H2,1H3/t18-,20-/m0/s1. The summed E-state index contributed by atoms with van der Waals surface area (Å²) in [6, 6.07) is 13.4. The lowest BCUT2D eigenvalue weighted by Gasteiger charge is -2.33. The van der Waals surface area contributed by atoms with Gasteiger partial charge in [0.25, 0.3) is 0 Å². The number of alkyl halides is 1. The fraction of sp³-hybridized carbons (Fsp3) is 0.381. The third-order valence-electron chi connectivity index (χ3n) is 5.53. The van der Waals surface area contributed by atoms with Gasteiger partial charge in [-0.3, -0.25) is 4.79 Å². The minimum atomic E-state index is -3.94. The van der Waals surface area contributed by atoms with Gasteiger partial charge in [-0.25, -0.2) is 12.8 Å². The van der Waals surface area contributed by atoms with Gasteiger partial charge >= 0.3 is 0 Å².